The van der Waals surface area contributed by atoms with Crippen molar-refractivity contribution in [3.63, 3.8) is 0 Å². The third-order valence-corrected chi connectivity index (χ3v) is 4.63. The molecule has 0 bridgehead atoms. The molecule has 1 heterocycles. The van der Waals surface area contributed by atoms with E-state index in [1.165, 1.54) is 42.5 Å². The molecule has 17 heavy (non-hydrogen) atoms. The van der Waals surface area contributed by atoms with Crippen LogP contribution in [0, 0.1) is 6.92 Å². The lowest BCUT2D eigenvalue weighted by Crippen LogP contribution is -2.21. The van der Waals surface area contributed by atoms with Gasteiger partial charge in [-0.2, -0.15) is 0 Å². The Morgan fingerprint density at radius 2 is 2.06 bits per heavy atom. The number of unbranched alkanes of at least 4 members (excludes halogenated alkanes) is 2. The van der Waals surface area contributed by atoms with E-state index in [1.807, 2.05) is 0 Å². The Bertz CT molecular complexity index is 303. The van der Waals surface area contributed by atoms with Gasteiger partial charge in [0.05, 0.1) is 4.34 Å². The minimum atomic E-state index is 0.498. The van der Waals surface area contributed by atoms with Crippen molar-refractivity contribution < 1.29 is 0 Å². The molecule has 1 aromatic heterocycles. The largest absolute Gasteiger partial charge is 0.309 e. The molecular formula is C14H24ClNS. The summed E-state index contributed by atoms with van der Waals surface area (Å²) in [7, 11) is 0. The number of thiophene rings is 1. The van der Waals surface area contributed by atoms with Crippen molar-refractivity contribution in [2.75, 3.05) is 6.54 Å². The quantitative estimate of drug-likeness (QED) is 0.631. The highest BCUT2D eigenvalue weighted by Gasteiger charge is 2.14. The van der Waals surface area contributed by atoms with Crippen molar-refractivity contribution in [1.82, 2.24) is 5.32 Å². The molecular weight excluding hydrogens is 250 g/mol. The fourth-order valence-electron chi connectivity index (χ4n) is 1.92. The zero-order chi connectivity index (χ0) is 12.7. The third kappa shape index (κ3) is 4.99. The maximum atomic E-state index is 6.16. The van der Waals surface area contributed by atoms with Gasteiger partial charge in [0.15, 0.2) is 0 Å². The normalized spacial score (nSPS) is 12.9. The van der Waals surface area contributed by atoms with Crippen LogP contribution < -0.4 is 5.32 Å². The molecule has 1 unspecified atom stereocenters. The molecule has 1 atom stereocenters. The smallest absolute Gasteiger partial charge is 0.0960 e. The Morgan fingerprint density at radius 3 is 2.59 bits per heavy atom. The van der Waals surface area contributed by atoms with E-state index in [0.717, 1.165) is 10.9 Å². The fraction of sp³-hybridized carbons (Fsp3) is 0.714. The summed E-state index contributed by atoms with van der Waals surface area (Å²) in [5, 5.41) is 3.64. The second kappa shape index (κ2) is 8.12. The van der Waals surface area contributed by atoms with E-state index in [4.69, 9.17) is 11.6 Å². The van der Waals surface area contributed by atoms with E-state index < -0.39 is 0 Å². The second-order valence-corrected chi connectivity index (χ2v) is 6.29. The molecule has 0 saturated heterocycles. The first kappa shape index (κ1) is 15.0. The number of hydrogen-bond donors (Lipinski definition) is 1. The summed E-state index contributed by atoms with van der Waals surface area (Å²) in [6.07, 6.45) is 6.31. The predicted octanol–water partition coefficient (Wildman–Crippen LogP) is 5.33. The highest BCUT2D eigenvalue weighted by molar-refractivity contribution is 7.16. The number of nitrogens with one attached hydrogen (secondary N) is 1. The van der Waals surface area contributed by atoms with Gasteiger partial charge in [0.25, 0.3) is 0 Å². The highest BCUT2D eigenvalue weighted by Crippen LogP contribution is 2.33. The van der Waals surface area contributed by atoms with Gasteiger partial charge in [-0.1, -0.05) is 44.7 Å². The Morgan fingerprint density at radius 1 is 1.29 bits per heavy atom. The lowest BCUT2D eigenvalue weighted by Gasteiger charge is -2.16. The molecule has 3 heteroatoms. The van der Waals surface area contributed by atoms with E-state index in [0.29, 0.717) is 6.04 Å². The average molecular weight is 274 g/mol. The predicted molar refractivity (Wildman–Crippen MR) is 79.2 cm³/mol. The van der Waals surface area contributed by atoms with Crippen LogP contribution in [0.25, 0.3) is 0 Å². The first-order valence-electron chi connectivity index (χ1n) is 6.68. The van der Waals surface area contributed by atoms with E-state index in [9.17, 15) is 0 Å². The molecule has 0 aliphatic rings. The second-order valence-electron chi connectivity index (χ2n) is 4.61. The Balaban J connectivity index is 2.60. The zero-order valence-corrected chi connectivity index (χ0v) is 12.8. The number of aryl methyl sites for hydroxylation is 1. The summed E-state index contributed by atoms with van der Waals surface area (Å²) in [5.74, 6) is 0. The molecule has 0 fully saturated rings. The van der Waals surface area contributed by atoms with E-state index in [1.54, 1.807) is 11.3 Å². The number of halogens is 1. The van der Waals surface area contributed by atoms with Gasteiger partial charge in [0, 0.05) is 10.9 Å². The lowest BCUT2D eigenvalue weighted by molar-refractivity contribution is 0.480. The summed E-state index contributed by atoms with van der Waals surface area (Å²) in [6, 6.07) is 2.74. The number of hydrogen-bond acceptors (Lipinski definition) is 2. The molecule has 1 aromatic rings. The topological polar surface area (TPSA) is 12.0 Å². The Kier molecular flexibility index (Phi) is 7.17. The molecule has 1 N–H and O–H groups in total. The molecule has 0 spiro atoms. The highest BCUT2D eigenvalue weighted by atomic mass is 35.5. The SMILES string of the molecule is CCCCCC(NCCC)c1cc(C)c(Cl)s1. The first-order chi connectivity index (χ1) is 8.19. The van der Waals surface area contributed by atoms with E-state index >= 15 is 0 Å². The molecule has 0 saturated carbocycles. The Labute approximate surface area is 115 Å². The standard InChI is InChI=1S/C14H24ClNS/c1-4-6-7-8-12(16-9-5-2)13-10-11(3)14(15)17-13/h10,12,16H,4-9H2,1-3H3. The minimum Gasteiger partial charge on any atom is -0.309 e. The molecule has 0 aliphatic heterocycles. The van der Waals surface area contributed by atoms with Gasteiger partial charge in [0.2, 0.25) is 0 Å². The van der Waals surface area contributed by atoms with Crippen LogP contribution in [0.5, 0.6) is 0 Å². The van der Waals surface area contributed by atoms with Gasteiger partial charge in [0.1, 0.15) is 0 Å². The summed E-state index contributed by atoms with van der Waals surface area (Å²) < 4.78 is 0.943. The van der Waals surface area contributed by atoms with Crippen LogP contribution in [-0.2, 0) is 0 Å². The minimum absolute atomic E-state index is 0.498. The molecule has 0 amide bonds. The van der Waals surface area contributed by atoms with Crippen LogP contribution in [0.4, 0.5) is 0 Å². The van der Waals surface area contributed by atoms with Crippen molar-refractivity contribution in [3.05, 3.63) is 20.8 Å². The third-order valence-electron chi connectivity index (χ3n) is 2.96. The fourth-order valence-corrected chi connectivity index (χ4v) is 3.25. The van der Waals surface area contributed by atoms with Gasteiger partial charge < -0.3 is 5.32 Å². The van der Waals surface area contributed by atoms with Crippen LogP contribution in [-0.4, -0.2) is 6.54 Å². The van der Waals surface area contributed by atoms with Crippen LogP contribution in [0.15, 0.2) is 6.07 Å². The van der Waals surface area contributed by atoms with Crippen LogP contribution in [0.3, 0.4) is 0 Å². The molecule has 98 valence electrons. The average Bonchev–Trinajstić information content (AvgIpc) is 2.64. The number of rotatable bonds is 8. The van der Waals surface area contributed by atoms with Crippen LogP contribution in [0.1, 0.15) is 62.4 Å². The van der Waals surface area contributed by atoms with Gasteiger partial charge >= 0.3 is 0 Å². The summed E-state index contributed by atoms with van der Waals surface area (Å²) in [4.78, 5) is 1.40. The van der Waals surface area contributed by atoms with Crippen molar-refractivity contribution in [2.24, 2.45) is 0 Å². The van der Waals surface area contributed by atoms with Crippen molar-refractivity contribution >= 4 is 22.9 Å². The van der Waals surface area contributed by atoms with E-state index in [2.05, 4.69) is 32.2 Å². The summed E-state index contributed by atoms with van der Waals surface area (Å²) >= 11 is 7.89. The summed E-state index contributed by atoms with van der Waals surface area (Å²) in [5.41, 5.74) is 1.21. The zero-order valence-electron chi connectivity index (χ0n) is 11.2. The van der Waals surface area contributed by atoms with Crippen molar-refractivity contribution in [2.45, 2.75) is 58.9 Å². The van der Waals surface area contributed by atoms with Gasteiger partial charge in [-0.05, 0) is 37.9 Å². The Hall–Kier alpha value is -0.0500. The lowest BCUT2D eigenvalue weighted by atomic mass is 10.1. The van der Waals surface area contributed by atoms with Gasteiger partial charge in [-0.15, -0.1) is 11.3 Å². The molecule has 1 nitrogen and oxygen atoms in total. The van der Waals surface area contributed by atoms with Crippen molar-refractivity contribution in [1.29, 1.82) is 0 Å². The molecule has 0 aromatic carbocycles. The van der Waals surface area contributed by atoms with Crippen LogP contribution >= 0.6 is 22.9 Å². The van der Waals surface area contributed by atoms with Gasteiger partial charge in [-0.25, -0.2) is 0 Å². The molecule has 0 radical (unpaired) electrons. The van der Waals surface area contributed by atoms with Gasteiger partial charge in [-0.3, -0.25) is 0 Å². The monoisotopic (exact) mass is 273 g/mol. The maximum absolute atomic E-state index is 6.16. The van der Waals surface area contributed by atoms with Crippen molar-refractivity contribution in [3.8, 4) is 0 Å². The first-order valence-corrected chi connectivity index (χ1v) is 7.87. The molecule has 0 aliphatic carbocycles. The summed E-state index contributed by atoms with van der Waals surface area (Å²) in [6.45, 7) is 7.64. The van der Waals surface area contributed by atoms with Crippen LogP contribution in [0.2, 0.25) is 4.34 Å². The van der Waals surface area contributed by atoms with E-state index in [-0.39, 0.29) is 0 Å². The maximum Gasteiger partial charge on any atom is 0.0960 e. The molecule has 1 rings (SSSR count).